The Hall–Kier alpha value is -4.41. The number of Topliss-reactive ketones (excluding diaryl/α,β-unsaturated/α-hetero) is 1. The summed E-state index contributed by atoms with van der Waals surface area (Å²) in [5.74, 6) is -1.54. The quantitative estimate of drug-likeness (QED) is 0.365. The summed E-state index contributed by atoms with van der Waals surface area (Å²) in [6.45, 7) is 0. The predicted octanol–water partition coefficient (Wildman–Crippen LogP) is 3.86. The molecule has 1 unspecified atom stereocenters. The van der Waals surface area contributed by atoms with Crippen molar-refractivity contribution in [2.45, 2.75) is 29.5 Å². The van der Waals surface area contributed by atoms with Gasteiger partial charge in [0.15, 0.2) is 10.1 Å². The summed E-state index contributed by atoms with van der Waals surface area (Å²) in [5.41, 5.74) is 8.27. The molecule has 1 atom stereocenters. The molecule has 1 aromatic carbocycles. The van der Waals surface area contributed by atoms with Crippen molar-refractivity contribution >= 4 is 51.6 Å². The van der Waals surface area contributed by atoms with Crippen LogP contribution in [0.25, 0.3) is 0 Å². The first kappa shape index (κ1) is 25.2. The summed E-state index contributed by atoms with van der Waals surface area (Å²) in [6.07, 6.45) is 3.06. The second kappa shape index (κ2) is 10.5. The number of benzene rings is 1. The van der Waals surface area contributed by atoms with Crippen LogP contribution in [-0.4, -0.2) is 38.7 Å². The van der Waals surface area contributed by atoms with Crippen molar-refractivity contribution in [1.82, 2.24) is 10.2 Å². The molecular weight excluding hydrogens is 528 g/mol. The van der Waals surface area contributed by atoms with Gasteiger partial charge in [-0.05, 0) is 43.2 Å². The van der Waals surface area contributed by atoms with Crippen molar-refractivity contribution < 1.29 is 23.9 Å². The first-order valence-electron chi connectivity index (χ1n) is 11.5. The number of thioether (sulfide) groups is 1. The van der Waals surface area contributed by atoms with E-state index in [4.69, 9.17) is 15.3 Å². The Morgan fingerprint density at radius 2 is 2.13 bits per heavy atom. The average molecular weight is 549 g/mol. The Morgan fingerprint density at radius 1 is 1.29 bits per heavy atom. The highest BCUT2D eigenvalue weighted by molar-refractivity contribution is 8.01. The number of aromatic carboxylic acids is 1. The van der Waals surface area contributed by atoms with Crippen molar-refractivity contribution in [3.05, 3.63) is 76.6 Å². The lowest BCUT2D eigenvalue weighted by molar-refractivity contribution is -0.116. The Bertz CT molecular complexity index is 1540. The molecule has 1 aliphatic carbocycles. The molecule has 0 fully saturated rings. The second-order valence-electron chi connectivity index (χ2n) is 8.41. The monoisotopic (exact) mass is 548 g/mol. The number of anilines is 2. The lowest BCUT2D eigenvalue weighted by Gasteiger charge is -2.37. The zero-order valence-corrected chi connectivity index (χ0v) is 21.3. The maximum absolute atomic E-state index is 13.1. The Balaban J connectivity index is 1.37. The smallest absolute Gasteiger partial charge is 0.335 e. The van der Waals surface area contributed by atoms with Gasteiger partial charge in [-0.2, -0.15) is 5.26 Å². The van der Waals surface area contributed by atoms with Gasteiger partial charge in [-0.25, -0.2) is 4.79 Å². The van der Waals surface area contributed by atoms with Crippen LogP contribution >= 0.6 is 23.1 Å². The number of hydrogen-bond donors (Lipinski definition) is 3. The molecule has 192 valence electrons. The van der Waals surface area contributed by atoms with Crippen LogP contribution in [0.3, 0.4) is 0 Å². The number of carbonyl (C=O) groups is 3. The first-order valence-corrected chi connectivity index (χ1v) is 13.3. The lowest BCUT2D eigenvalue weighted by atomic mass is 9.78. The fraction of sp³-hybridized carbons (Fsp3) is 0.200. The molecule has 0 radical (unpaired) electrons. The van der Waals surface area contributed by atoms with E-state index in [0.717, 1.165) is 11.8 Å². The molecule has 1 amide bonds. The molecule has 0 spiro atoms. The van der Waals surface area contributed by atoms with E-state index in [2.05, 4.69) is 21.6 Å². The van der Waals surface area contributed by atoms with Crippen LogP contribution in [0.1, 0.15) is 41.3 Å². The topological polar surface area (TPSA) is 175 Å². The van der Waals surface area contributed by atoms with Crippen molar-refractivity contribution in [1.29, 1.82) is 5.26 Å². The molecule has 0 saturated carbocycles. The van der Waals surface area contributed by atoms with Crippen LogP contribution in [0.5, 0.6) is 0 Å². The van der Waals surface area contributed by atoms with Crippen molar-refractivity contribution in [2.24, 2.45) is 5.73 Å². The normalized spacial score (nSPS) is 17.3. The summed E-state index contributed by atoms with van der Waals surface area (Å²) in [7, 11) is 0. The average Bonchev–Trinajstić information content (AvgIpc) is 3.60. The molecule has 0 bridgehead atoms. The van der Waals surface area contributed by atoms with Crippen LogP contribution in [-0.2, 0) is 9.59 Å². The number of rotatable bonds is 7. The third-order valence-electron chi connectivity index (χ3n) is 6.05. The molecule has 3 aromatic rings. The zero-order chi connectivity index (χ0) is 26.8. The summed E-state index contributed by atoms with van der Waals surface area (Å²) >= 11 is 2.33. The first-order chi connectivity index (χ1) is 18.4. The summed E-state index contributed by atoms with van der Waals surface area (Å²) in [5, 5.41) is 30.6. The zero-order valence-electron chi connectivity index (χ0n) is 19.7. The van der Waals surface area contributed by atoms with E-state index >= 15 is 0 Å². The van der Waals surface area contributed by atoms with E-state index in [0.29, 0.717) is 51.5 Å². The van der Waals surface area contributed by atoms with Gasteiger partial charge in [0.2, 0.25) is 11.0 Å². The minimum absolute atomic E-state index is 0.00764. The van der Waals surface area contributed by atoms with Gasteiger partial charge >= 0.3 is 5.97 Å². The predicted molar refractivity (Wildman–Crippen MR) is 139 cm³/mol. The minimum atomic E-state index is -1.09. The Kier molecular flexibility index (Phi) is 6.99. The standard InChI is InChI=1S/C25H20N6O5S2/c26-11-15-20(18-8-3-9-36-18)21-16(6-2-7-17(21)32)31(22(15)27)24-29-30-25(38-24)37-12-19(33)28-14-5-1-4-13(10-14)23(34)35/h1,3-5,8-10,20H,2,6-7,12,27H2,(H,28,33)(H,34,35). The number of aromatic nitrogens is 2. The molecule has 2 aliphatic rings. The minimum Gasteiger partial charge on any atom is -0.478 e. The highest BCUT2D eigenvalue weighted by atomic mass is 32.2. The third kappa shape index (κ3) is 4.79. The molecule has 4 N–H and O–H groups in total. The molecule has 0 saturated heterocycles. The van der Waals surface area contributed by atoms with Gasteiger partial charge in [-0.1, -0.05) is 29.2 Å². The number of nitrogens with zero attached hydrogens (tertiary/aromatic N) is 4. The van der Waals surface area contributed by atoms with Crippen LogP contribution in [0.15, 0.2) is 74.1 Å². The molecular formula is C25H20N6O5S2. The molecule has 1 aliphatic heterocycles. The highest BCUT2D eigenvalue weighted by Gasteiger charge is 2.42. The van der Waals surface area contributed by atoms with E-state index < -0.39 is 11.9 Å². The number of hydrogen-bond acceptors (Lipinski definition) is 11. The number of nitrogens with one attached hydrogen (secondary N) is 1. The van der Waals surface area contributed by atoms with Crippen LogP contribution in [0, 0.1) is 11.3 Å². The summed E-state index contributed by atoms with van der Waals surface area (Å²) in [6, 6.07) is 11.5. The molecule has 38 heavy (non-hydrogen) atoms. The fourth-order valence-electron chi connectivity index (χ4n) is 4.45. The van der Waals surface area contributed by atoms with Gasteiger partial charge < -0.3 is 20.6 Å². The molecule has 5 rings (SSSR count). The third-order valence-corrected chi connectivity index (χ3v) is 8.09. The maximum atomic E-state index is 13.1. The molecule has 3 heterocycles. The van der Waals surface area contributed by atoms with Gasteiger partial charge in [0, 0.05) is 23.4 Å². The van der Waals surface area contributed by atoms with Gasteiger partial charge in [-0.15, -0.1) is 10.2 Å². The number of furan rings is 1. The van der Waals surface area contributed by atoms with Crippen LogP contribution < -0.4 is 16.0 Å². The Labute approximate surface area is 224 Å². The van der Waals surface area contributed by atoms with Gasteiger partial charge in [-0.3, -0.25) is 14.5 Å². The number of carbonyl (C=O) groups excluding carboxylic acids is 2. The second-order valence-corrected chi connectivity index (χ2v) is 10.6. The van der Waals surface area contributed by atoms with Gasteiger partial charge in [0.1, 0.15) is 11.6 Å². The van der Waals surface area contributed by atoms with Crippen LogP contribution in [0.2, 0.25) is 0 Å². The number of ketones is 1. The van der Waals surface area contributed by atoms with Crippen molar-refractivity contribution in [3.8, 4) is 6.07 Å². The number of nitrogens with two attached hydrogens (primary N) is 1. The summed E-state index contributed by atoms with van der Waals surface area (Å²) < 4.78 is 6.05. The maximum Gasteiger partial charge on any atom is 0.335 e. The van der Waals surface area contributed by atoms with E-state index in [9.17, 15) is 19.6 Å². The fourth-order valence-corrected chi connectivity index (χ4v) is 6.13. The van der Waals surface area contributed by atoms with Crippen molar-refractivity contribution in [3.63, 3.8) is 0 Å². The summed E-state index contributed by atoms with van der Waals surface area (Å²) in [4.78, 5) is 38.2. The number of allylic oxidation sites excluding steroid dienone is 3. The molecule has 13 heteroatoms. The van der Waals surface area contributed by atoms with E-state index in [1.54, 1.807) is 29.2 Å². The number of carboxylic acids is 1. The van der Waals surface area contributed by atoms with Crippen molar-refractivity contribution in [2.75, 3.05) is 16.0 Å². The van der Waals surface area contributed by atoms with Crippen LogP contribution in [0.4, 0.5) is 10.8 Å². The van der Waals surface area contributed by atoms with E-state index in [-0.39, 0.29) is 34.4 Å². The van der Waals surface area contributed by atoms with Gasteiger partial charge in [0.05, 0.1) is 35.1 Å². The number of carboxylic acid groups (broad SMARTS) is 1. The SMILES string of the molecule is N#CC1=C(N)N(c2nnc(SCC(=O)Nc3cccc(C(=O)O)c3)s2)C2=C(C(=O)CCC2)C1c1ccco1. The van der Waals surface area contributed by atoms with E-state index in [1.165, 1.54) is 29.7 Å². The lowest BCUT2D eigenvalue weighted by Crippen LogP contribution is -2.38. The largest absolute Gasteiger partial charge is 0.478 e. The number of nitriles is 1. The Morgan fingerprint density at radius 3 is 2.87 bits per heavy atom. The molecule has 11 nitrogen and oxygen atoms in total. The number of amides is 1. The highest BCUT2D eigenvalue weighted by Crippen LogP contribution is 2.47. The van der Waals surface area contributed by atoms with E-state index in [1.807, 2.05) is 0 Å². The van der Waals surface area contributed by atoms with Gasteiger partial charge in [0.25, 0.3) is 0 Å². The molecule has 2 aromatic heterocycles.